The van der Waals surface area contributed by atoms with Crippen molar-refractivity contribution in [3.05, 3.63) is 0 Å². The summed E-state index contributed by atoms with van der Waals surface area (Å²) in [6.07, 6.45) is 18.9. The van der Waals surface area contributed by atoms with Crippen LogP contribution in [0.3, 0.4) is 0 Å². The first-order valence-electron chi connectivity index (χ1n) is 9.99. The Hall–Kier alpha value is 0.910. The Morgan fingerprint density at radius 2 is 0.958 bits per heavy atom. The Bertz CT molecular complexity index is 332. The second-order valence-corrected chi connectivity index (χ2v) is 8.44. The van der Waals surface area contributed by atoms with Gasteiger partial charge in [-0.2, -0.15) is 8.42 Å². The van der Waals surface area contributed by atoms with E-state index >= 15 is 0 Å². The maximum absolute atomic E-state index is 11.3. The molecule has 0 aromatic rings. The molecule has 0 bridgehead atoms. The van der Waals surface area contributed by atoms with Crippen molar-refractivity contribution in [2.45, 2.75) is 110 Å². The average molecular weight is 373 g/mol. The van der Waals surface area contributed by atoms with Gasteiger partial charge in [0.2, 0.25) is 0 Å². The van der Waals surface area contributed by atoms with E-state index in [0.29, 0.717) is 13.0 Å². The maximum atomic E-state index is 11.3. The molecule has 0 aliphatic heterocycles. The summed E-state index contributed by atoms with van der Waals surface area (Å²) in [7, 11) is -3.25. The number of rotatable bonds is 18. The van der Waals surface area contributed by atoms with Gasteiger partial charge in [0, 0.05) is 0 Å². The molecule has 0 N–H and O–H groups in total. The van der Waals surface area contributed by atoms with Crippen LogP contribution in [-0.4, -0.2) is 50.3 Å². The summed E-state index contributed by atoms with van der Waals surface area (Å²) in [6, 6.07) is 0. The summed E-state index contributed by atoms with van der Waals surface area (Å²) in [5, 5.41) is 0. The van der Waals surface area contributed by atoms with E-state index in [1.54, 1.807) is 0 Å². The molecule has 0 aliphatic rings. The van der Waals surface area contributed by atoms with E-state index in [1.165, 1.54) is 77.0 Å². The van der Waals surface area contributed by atoms with E-state index in [-0.39, 0.29) is 35.3 Å². The molecule has 3 nitrogen and oxygen atoms in total. The second-order valence-electron chi connectivity index (χ2n) is 6.68. The Labute approximate surface area is 174 Å². The Kier molecular flexibility index (Phi) is 22.9. The molecule has 0 spiro atoms. The topological polar surface area (TPSA) is 43.4 Å². The third-order valence-corrected chi connectivity index (χ3v) is 5.65. The Balaban J connectivity index is 0. The normalized spacial score (nSPS) is 11.4. The fourth-order valence-electron chi connectivity index (χ4n) is 2.79. The molecule has 0 unspecified atom stereocenters. The molecule has 0 saturated carbocycles. The van der Waals surface area contributed by atoms with Crippen LogP contribution in [0.5, 0.6) is 0 Å². The standard InChI is InChI=1S/C19H40O3S.Na.H/c1-3-5-6-7-8-9-10-11-12-13-14-15-16-17-18-22-23(20,21)19-4-2;;/h3-19H2,1-2H3;;. The average Bonchev–Trinajstić information content (AvgIpc) is 2.51. The van der Waals surface area contributed by atoms with E-state index in [4.69, 9.17) is 4.18 Å². The zero-order valence-corrected chi connectivity index (χ0v) is 16.5. The molecule has 0 fully saturated rings. The van der Waals surface area contributed by atoms with Crippen LogP contribution in [0.1, 0.15) is 110 Å². The van der Waals surface area contributed by atoms with Crippen LogP contribution < -0.4 is 0 Å². The van der Waals surface area contributed by atoms with Gasteiger partial charge in [0.1, 0.15) is 0 Å². The van der Waals surface area contributed by atoms with Crippen molar-refractivity contribution in [3.8, 4) is 0 Å². The Morgan fingerprint density at radius 1 is 0.583 bits per heavy atom. The summed E-state index contributed by atoms with van der Waals surface area (Å²) in [4.78, 5) is 0. The minimum absolute atomic E-state index is 0. The van der Waals surface area contributed by atoms with Gasteiger partial charge >= 0.3 is 29.6 Å². The van der Waals surface area contributed by atoms with Crippen LogP contribution in [-0.2, 0) is 14.3 Å². The van der Waals surface area contributed by atoms with Crippen molar-refractivity contribution in [1.82, 2.24) is 0 Å². The first kappa shape index (κ1) is 27.1. The molecule has 0 aromatic heterocycles. The number of hydrogen-bond acceptors (Lipinski definition) is 3. The van der Waals surface area contributed by atoms with E-state index in [0.717, 1.165) is 12.8 Å². The van der Waals surface area contributed by atoms with Gasteiger partial charge in [-0.3, -0.25) is 4.18 Å². The molecular weight excluding hydrogens is 331 g/mol. The Morgan fingerprint density at radius 3 is 1.33 bits per heavy atom. The molecule has 0 aromatic carbocycles. The van der Waals surface area contributed by atoms with Gasteiger partial charge < -0.3 is 0 Å². The molecule has 0 rings (SSSR count). The van der Waals surface area contributed by atoms with Gasteiger partial charge in [-0.1, -0.05) is 97.3 Å². The van der Waals surface area contributed by atoms with Crippen LogP contribution in [0, 0.1) is 0 Å². The molecule has 0 saturated heterocycles. The summed E-state index contributed by atoms with van der Waals surface area (Å²) in [5.74, 6) is 0.144. The van der Waals surface area contributed by atoms with E-state index < -0.39 is 10.1 Å². The molecular formula is C19H41NaO3S. The second kappa shape index (κ2) is 20.2. The van der Waals surface area contributed by atoms with Gasteiger partial charge in [-0.15, -0.1) is 0 Å². The summed E-state index contributed by atoms with van der Waals surface area (Å²) in [6.45, 7) is 4.48. The van der Waals surface area contributed by atoms with Gasteiger partial charge in [0.05, 0.1) is 12.4 Å². The molecule has 0 heterocycles. The molecule has 0 atom stereocenters. The first-order chi connectivity index (χ1) is 11.1. The van der Waals surface area contributed by atoms with Crippen LogP contribution in [0.2, 0.25) is 0 Å². The van der Waals surface area contributed by atoms with Crippen LogP contribution in [0.15, 0.2) is 0 Å². The van der Waals surface area contributed by atoms with Crippen molar-refractivity contribution in [3.63, 3.8) is 0 Å². The zero-order valence-electron chi connectivity index (χ0n) is 15.7. The van der Waals surface area contributed by atoms with E-state index in [1.807, 2.05) is 6.92 Å². The third kappa shape index (κ3) is 21.0. The molecule has 0 amide bonds. The number of hydrogen-bond donors (Lipinski definition) is 0. The molecule has 0 aliphatic carbocycles. The van der Waals surface area contributed by atoms with Crippen LogP contribution in [0.25, 0.3) is 0 Å². The SMILES string of the molecule is CCCCCCCCCCCCCCCCOS(=O)(=O)CCC.[NaH]. The van der Waals surface area contributed by atoms with Crippen molar-refractivity contribution in [2.24, 2.45) is 0 Å². The molecule has 0 radical (unpaired) electrons. The van der Waals surface area contributed by atoms with Crippen molar-refractivity contribution in [2.75, 3.05) is 12.4 Å². The molecule has 24 heavy (non-hydrogen) atoms. The van der Waals surface area contributed by atoms with Crippen LogP contribution in [0.4, 0.5) is 0 Å². The molecule has 142 valence electrons. The monoisotopic (exact) mass is 372 g/mol. The van der Waals surface area contributed by atoms with Gasteiger partial charge in [-0.05, 0) is 12.8 Å². The van der Waals surface area contributed by atoms with Gasteiger partial charge in [-0.25, -0.2) is 0 Å². The predicted molar refractivity (Wildman–Crippen MR) is 107 cm³/mol. The zero-order chi connectivity index (χ0) is 17.2. The first-order valence-corrected chi connectivity index (χ1v) is 11.6. The fourth-order valence-corrected chi connectivity index (χ4v) is 3.78. The van der Waals surface area contributed by atoms with Crippen LogP contribution >= 0.6 is 0 Å². The van der Waals surface area contributed by atoms with E-state index in [2.05, 4.69) is 6.92 Å². The number of unbranched alkanes of at least 4 members (excludes halogenated alkanes) is 13. The van der Waals surface area contributed by atoms with Crippen molar-refractivity contribution >= 4 is 39.7 Å². The van der Waals surface area contributed by atoms with Crippen molar-refractivity contribution < 1.29 is 12.6 Å². The van der Waals surface area contributed by atoms with Gasteiger partial charge in [0.25, 0.3) is 10.1 Å². The molecule has 5 heteroatoms. The predicted octanol–water partition coefficient (Wildman–Crippen LogP) is 5.58. The van der Waals surface area contributed by atoms with Gasteiger partial charge in [0.15, 0.2) is 0 Å². The van der Waals surface area contributed by atoms with Crippen molar-refractivity contribution in [1.29, 1.82) is 0 Å². The fraction of sp³-hybridized carbons (Fsp3) is 1.00. The third-order valence-electron chi connectivity index (χ3n) is 4.21. The summed E-state index contributed by atoms with van der Waals surface area (Å²) in [5.41, 5.74) is 0. The van der Waals surface area contributed by atoms with E-state index in [9.17, 15) is 8.42 Å². The quantitative estimate of drug-likeness (QED) is 0.179. The summed E-state index contributed by atoms with van der Waals surface area (Å²) < 4.78 is 27.6. The minimum atomic E-state index is -3.25. The summed E-state index contributed by atoms with van der Waals surface area (Å²) >= 11 is 0.